The fourth-order valence-electron chi connectivity index (χ4n) is 1.87. The van der Waals surface area contributed by atoms with Crippen molar-refractivity contribution < 1.29 is 22.7 Å². The summed E-state index contributed by atoms with van der Waals surface area (Å²) in [5.74, 6) is -1.36. The lowest BCUT2D eigenvalue weighted by Gasteiger charge is -2.08. The average molecular weight is 362 g/mol. The number of carbonyl (C=O) groups excluding carboxylic acids is 2. The van der Waals surface area contributed by atoms with Crippen LogP contribution >= 0.6 is 0 Å². The molecule has 0 bridgehead atoms. The van der Waals surface area contributed by atoms with Gasteiger partial charge in [0.15, 0.2) is 6.61 Å². The van der Waals surface area contributed by atoms with Crippen molar-refractivity contribution in [1.29, 1.82) is 0 Å². The van der Waals surface area contributed by atoms with E-state index in [-0.39, 0.29) is 4.90 Å². The summed E-state index contributed by atoms with van der Waals surface area (Å²) in [5.41, 5.74) is 1.49. The zero-order chi connectivity index (χ0) is 18.3. The molecule has 0 heterocycles. The molecular formula is C17H18N2O5S. The first-order chi connectivity index (χ1) is 11.9. The maximum Gasteiger partial charge on any atom is 0.321 e. The van der Waals surface area contributed by atoms with Crippen LogP contribution in [0.4, 0.5) is 5.69 Å². The highest BCUT2D eigenvalue weighted by Crippen LogP contribution is 2.09. The molecule has 0 aromatic heterocycles. The molecule has 0 saturated heterocycles. The van der Waals surface area contributed by atoms with Gasteiger partial charge in [-0.05, 0) is 31.2 Å². The first-order valence-electron chi connectivity index (χ1n) is 7.44. The highest BCUT2D eigenvalue weighted by Gasteiger charge is 2.16. The average Bonchev–Trinajstić information content (AvgIpc) is 2.59. The number of amides is 1. The van der Waals surface area contributed by atoms with Crippen molar-refractivity contribution in [1.82, 2.24) is 4.72 Å². The van der Waals surface area contributed by atoms with E-state index in [2.05, 4.69) is 10.0 Å². The minimum absolute atomic E-state index is 0.0488. The number of rotatable bonds is 7. The highest BCUT2D eigenvalue weighted by atomic mass is 32.2. The lowest BCUT2D eigenvalue weighted by molar-refractivity contribution is -0.146. The summed E-state index contributed by atoms with van der Waals surface area (Å²) in [7, 11) is -3.81. The second-order valence-electron chi connectivity index (χ2n) is 5.21. The molecule has 0 radical (unpaired) electrons. The second-order valence-corrected chi connectivity index (χ2v) is 6.98. The minimum Gasteiger partial charge on any atom is -0.455 e. The van der Waals surface area contributed by atoms with E-state index in [1.165, 1.54) is 12.1 Å². The molecule has 0 aliphatic carbocycles. The number of anilines is 1. The number of aryl methyl sites for hydroxylation is 1. The van der Waals surface area contributed by atoms with Crippen LogP contribution < -0.4 is 10.0 Å². The van der Waals surface area contributed by atoms with Crippen LogP contribution in [0.3, 0.4) is 0 Å². The standard InChI is InChI=1S/C17H18N2O5S/c1-13-7-9-15(10-8-13)25(22,23)18-11-17(21)24-12-16(20)19-14-5-3-2-4-6-14/h2-10,18H,11-12H2,1H3,(H,19,20). The van der Waals surface area contributed by atoms with E-state index in [9.17, 15) is 18.0 Å². The Morgan fingerprint density at radius 2 is 1.64 bits per heavy atom. The molecule has 0 atom stereocenters. The van der Waals surface area contributed by atoms with Crippen LogP contribution in [0.5, 0.6) is 0 Å². The summed E-state index contributed by atoms with van der Waals surface area (Å²) in [5, 5.41) is 2.55. The van der Waals surface area contributed by atoms with Crippen LogP contribution in [0, 0.1) is 6.92 Å². The monoisotopic (exact) mass is 362 g/mol. The van der Waals surface area contributed by atoms with Crippen molar-refractivity contribution >= 4 is 27.6 Å². The molecule has 0 aliphatic heterocycles. The van der Waals surface area contributed by atoms with Crippen LogP contribution in [-0.2, 0) is 24.3 Å². The number of sulfonamides is 1. The Morgan fingerprint density at radius 3 is 2.28 bits per heavy atom. The molecule has 2 N–H and O–H groups in total. The van der Waals surface area contributed by atoms with Gasteiger partial charge in [0, 0.05) is 5.69 Å². The third kappa shape index (κ3) is 6.02. The first-order valence-corrected chi connectivity index (χ1v) is 8.92. The Kier molecular flexibility index (Phi) is 6.26. The molecule has 0 saturated carbocycles. The maximum absolute atomic E-state index is 12.0. The number of carbonyl (C=O) groups is 2. The minimum atomic E-state index is -3.81. The topological polar surface area (TPSA) is 102 Å². The van der Waals surface area contributed by atoms with E-state index in [1.807, 2.05) is 6.92 Å². The summed E-state index contributed by atoms with van der Waals surface area (Å²) < 4.78 is 30.9. The quantitative estimate of drug-likeness (QED) is 0.726. The molecule has 1 amide bonds. The van der Waals surface area contributed by atoms with Crippen molar-refractivity contribution in [2.24, 2.45) is 0 Å². The maximum atomic E-state index is 12.0. The van der Waals surface area contributed by atoms with Gasteiger partial charge in [-0.15, -0.1) is 0 Å². The van der Waals surface area contributed by atoms with Gasteiger partial charge in [-0.2, -0.15) is 4.72 Å². The molecule has 25 heavy (non-hydrogen) atoms. The van der Waals surface area contributed by atoms with Crippen molar-refractivity contribution in [3.63, 3.8) is 0 Å². The molecular weight excluding hydrogens is 344 g/mol. The van der Waals surface area contributed by atoms with Gasteiger partial charge in [-0.25, -0.2) is 8.42 Å². The van der Waals surface area contributed by atoms with Crippen LogP contribution in [-0.4, -0.2) is 33.4 Å². The lowest BCUT2D eigenvalue weighted by atomic mass is 10.2. The zero-order valence-corrected chi connectivity index (χ0v) is 14.4. The van der Waals surface area contributed by atoms with Gasteiger partial charge < -0.3 is 10.1 Å². The summed E-state index contributed by atoms with van der Waals surface area (Å²) in [6.45, 7) is 0.774. The smallest absolute Gasteiger partial charge is 0.321 e. The van der Waals surface area contributed by atoms with E-state index in [4.69, 9.17) is 4.74 Å². The SMILES string of the molecule is Cc1ccc(S(=O)(=O)NCC(=O)OCC(=O)Nc2ccccc2)cc1. The molecule has 2 rings (SSSR count). The number of benzene rings is 2. The molecule has 132 valence electrons. The molecule has 0 fully saturated rings. The molecule has 0 aliphatic rings. The number of ether oxygens (including phenoxy) is 1. The number of hydrogen-bond donors (Lipinski definition) is 2. The van der Waals surface area contributed by atoms with Gasteiger partial charge in [0.2, 0.25) is 10.0 Å². The fraction of sp³-hybridized carbons (Fsp3) is 0.176. The van der Waals surface area contributed by atoms with Gasteiger partial charge in [-0.3, -0.25) is 9.59 Å². The van der Waals surface area contributed by atoms with Gasteiger partial charge in [0.1, 0.15) is 6.54 Å². The summed E-state index contributed by atoms with van der Waals surface area (Å²) in [6, 6.07) is 14.9. The summed E-state index contributed by atoms with van der Waals surface area (Å²) in [6.07, 6.45) is 0. The van der Waals surface area contributed by atoms with Crippen molar-refractivity contribution in [3.05, 3.63) is 60.2 Å². The highest BCUT2D eigenvalue weighted by molar-refractivity contribution is 7.89. The number of para-hydroxylation sites is 1. The van der Waals surface area contributed by atoms with Crippen LogP contribution in [0.1, 0.15) is 5.56 Å². The predicted octanol–water partition coefficient (Wildman–Crippen LogP) is 1.46. The third-order valence-electron chi connectivity index (χ3n) is 3.16. The van der Waals surface area contributed by atoms with Crippen molar-refractivity contribution in [2.45, 2.75) is 11.8 Å². The fourth-order valence-corrected chi connectivity index (χ4v) is 2.84. The predicted molar refractivity (Wildman–Crippen MR) is 92.4 cm³/mol. The number of esters is 1. The van der Waals surface area contributed by atoms with Gasteiger partial charge in [0.25, 0.3) is 5.91 Å². The Morgan fingerprint density at radius 1 is 1.00 bits per heavy atom. The summed E-state index contributed by atoms with van der Waals surface area (Å²) >= 11 is 0. The molecule has 0 unspecified atom stereocenters. The Hall–Kier alpha value is -2.71. The Bertz CT molecular complexity index is 833. The Balaban J connectivity index is 1.78. The number of nitrogens with one attached hydrogen (secondary N) is 2. The van der Waals surface area contributed by atoms with Gasteiger partial charge in [0.05, 0.1) is 4.90 Å². The van der Waals surface area contributed by atoms with E-state index in [1.54, 1.807) is 42.5 Å². The molecule has 2 aromatic carbocycles. The van der Waals surface area contributed by atoms with Crippen LogP contribution in [0.15, 0.2) is 59.5 Å². The van der Waals surface area contributed by atoms with E-state index >= 15 is 0 Å². The molecule has 8 heteroatoms. The van der Waals surface area contributed by atoms with E-state index in [0.717, 1.165) is 5.56 Å². The van der Waals surface area contributed by atoms with E-state index in [0.29, 0.717) is 5.69 Å². The molecule has 7 nitrogen and oxygen atoms in total. The van der Waals surface area contributed by atoms with Crippen LogP contribution in [0.2, 0.25) is 0 Å². The first kappa shape index (κ1) is 18.6. The normalized spacial score (nSPS) is 10.9. The van der Waals surface area contributed by atoms with Crippen molar-refractivity contribution in [2.75, 3.05) is 18.5 Å². The molecule has 2 aromatic rings. The largest absolute Gasteiger partial charge is 0.455 e. The van der Waals surface area contributed by atoms with Gasteiger partial charge >= 0.3 is 5.97 Å². The summed E-state index contributed by atoms with van der Waals surface area (Å²) in [4.78, 5) is 23.3. The lowest BCUT2D eigenvalue weighted by Crippen LogP contribution is -2.32. The van der Waals surface area contributed by atoms with Crippen molar-refractivity contribution in [3.8, 4) is 0 Å². The van der Waals surface area contributed by atoms with Gasteiger partial charge in [-0.1, -0.05) is 35.9 Å². The third-order valence-corrected chi connectivity index (χ3v) is 4.58. The second kappa shape index (κ2) is 8.41. The molecule has 0 spiro atoms. The van der Waals surface area contributed by atoms with Crippen LogP contribution in [0.25, 0.3) is 0 Å². The number of hydrogen-bond acceptors (Lipinski definition) is 5. The van der Waals surface area contributed by atoms with E-state index < -0.39 is 35.1 Å². The Labute approximate surface area is 146 Å². The zero-order valence-electron chi connectivity index (χ0n) is 13.6.